The van der Waals surface area contributed by atoms with Crippen molar-refractivity contribution in [2.24, 2.45) is 0 Å². The maximum atomic E-state index is 12.4. The van der Waals surface area contributed by atoms with Gasteiger partial charge in [0.15, 0.2) is 0 Å². The van der Waals surface area contributed by atoms with Gasteiger partial charge in [0.2, 0.25) is 5.91 Å². The minimum Gasteiger partial charge on any atom is -0.334 e. The summed E-state index contributed by atoms with van der Waals surface area (Å²) in [5.41, 5.74) is 0.844. The van der Waals surface area contributed by atoms with E-state index in [0.29, 0.717) is 4.31 Å². The van der Waals surface area contributed by atoms with Crippen molar-refractivity contribution < 1.29 is 22.8 Å². The van der Waals surface area contributed by atoms with Crippen LogP contribution in [0.4, 0.5) is 4.79 Å². The molecule has 1 aliphatic heterocycles. The minimum atomic E-state index is -4.09. The van der Waals surface area contributed by atoms with Crippen LogP contribution in [0.25, 0.3) is 0 Å². The fraction of sp³-hybridized carbons (Fsp3) is 0.118. The number of sulfonamides is 1. The Hall–Kier alpha value is -3.20. The molecule has 2 N–H and O–H groups in total. The van der Waals surface area contributed by atoms with E-state index in [-0.39, 0.29) is 17.0 Å². The molecular formula is C17H15N3O5S. The summed E-state index contributed by atoms with van der Waals surface area (Å²) < 4.78 is 25.2. The molecule has 0 saturated carbocycles. The zero-order valence-electron chi connectivity index (χ0n) is 13.5. The van der Waals surface area contributed by atoms with Gasteiger partial charge in [-0.15, -0.1) is 0 Å². The van der Waals surface area contributed by atoms with Gasteiger partial charge in [0.05, 0.1) is 5.56 Å². The van der Waals surface area contributed by atoms with Crippen LogP contribution >= 0.6 is 0 Å². The summed E-state index contributed by atoms with van der Waals surface area (Å²) in [6, 6.07) is 14.0. The fourth-order valence-corrected chi connectivity index (χ4v) is 4.03. The molecule has 0 spiro atoms. The molecule has 1 heterocycles. The average molecular weight is 373 g/mol. The first-order valence-electron chi connectivity index (χ1n) is 7.67. The molecule has 0 aromatic heterocycles. The number of urea groups is 1. The molecule has 3 rings (SSSR count). The van der Waals surface area contributed by atoms with E-state index in [1.807, 2.05) is 23.5 Å². The summed E-state index contributed by atoms with van der Waals surface area (Å²) >= 11 is 0. The van der Waals surface area contributed by atoms with Crippen molar-refractivity contribution in [3.8, 4) is 0 Å². The van der Waals surface area contributed by atoms with Gasteiger partial charge in [0, 0.05) is 6.54 Å². The molecular weight excluding hydrogens is 358 g/mol. The highest BCUT2D eigenvalue weighted by Gasteiger charge is 2.41. The van der Waals surface area contributed by atoms with Crippen molar-refractivity contribution in [2.45, 2.75) is 11.4 Å². The van der Waals surface area contributed by atoms with Crippen LogP contribution in [0, 0.1) is 0 Å². The van der Waals surface area contributed by atoms with Gasteiger partial charge in [0.25, 0.3) is 15.9 Å². The summed E-state index contributed by atoms with van der Waals surface area (Å²) in [6.45, 7) is -0.569. The second kappa shape index (κ2) is 6.96. The third-order valence-corrected chi connectivity index (χ3v) is 5.54. The first-order chi connectivity index (χ1) is 12.4. The first kappa shape index (κ1) is 17.6. The Morgan fingerprint density at radius 3 is 2.31 bits per heavy atom. The van der Waals surface area contributed by atoms with Gasteiger partial charge in [-0.1, -0.05) is 42.5 Å². The summed E-state index contributed by atoms with van der Waals surface area (Å²) in [5.74, 6) is -1.69. The fourth-order valence-electron chi connectivity index (χ4n) is 2.51. The lowest BCUT2D eigenvalue weighted by molar-refractivity contribution is -0.119. The minimum absolute atomic E-state index is 0.00818. The molecule has 2 aromatic carbocycles. The van der Waals surface area contributed by atoms with Gasteiger partial charge in [-0.2, -0.15) is 0 Å². The molecule has 2 aromatic rings. The topological polar surface area (TPSA) is 113 Å². The van der Waals surface area contributed by atoms with Gasteiger partial charge >= 0.3 is 6.03 Å². The Morgan fingerprint density at radius 1 is 0.962 bits per heavy atom. The summed E-state index contributed by atoms with van der Waals surface area (Å²) in [4.78, 5) is 35.8. The Bertz CT molecular complexity index is 973. The van der Waals surface area contributed by atoms with E-state index in [0.717, 1.165) is 5.56 Å². The van der Waals surface area contributed by atoms with Gasteiger partial charge in [-0.05, 0) is 17.7 Å². The van der Waals surface area contributed by atoms with Crippen LogP contribution in [-0.4, -0.2) is 37.1 Å². The van der Waals surface area contributed by atoms with Gasteiger partial charge in [-0.25, -0.2) is 17.5 Å². The Labute approximate surface area is 149 Å². The van der Waals surface area contributed by atoms with E-state index in [1.165, 1.54) is 24.3 Å². The first-order valence-corrected chi connectivity index (χ1v) is 9.11. The number of nitrogens with one attached hydrogen (secondary N) is 2. The summed E-state index contributed by atoms with van der Waals surface area (Å²) in [7, 11) is -4.09. The van der Waals surface area contributed by atoms with Gasteiger partial charge < -0.3 is 5.32 Å². The molecule has 1 aliphatic rings. The maximum Gasteiger partial charge on any atom is 0.321 e. The highest BCUT2D eigenvalue weighted by atomic mass is 32.2. The molecule has 8 nitrogen and oxygen atoms in total. The Balaban J connectivity index is 1.60. The average Bonchev–Trinajstić information content (AvgIpc) is 2.82. The van der Waals surface area contributed by atoms with Crippen molar-refractivity contribution in [1.29, 1.82) is 0 Å². The number of hydrogen-bond donors (Lipinski definition) is 2. The van der Waals surface area contributed by atoms with E-state index >= 15 is 0 Å². The number of carbonyl (C=O) groups excluding carboxylic acids is 3. The molecule has 0 saturated heterocycles. The normalized spacial score (nSPS) is 14.6. The number of nitrogens with zero attached hydrogens (tertiary/aromatic N) is 1. The highest BCUT2D eigenvalue weighted by Crippen LogP contribution is 2.29. The molecule has 0 bridgehead atoms. The molecule has 0 atom stereocenters. The van der Waals surface area contributed by atoms with E-state index in [9.17, 15) is 22.8 Å². The molecule has 9 heteroatoms. The van der Waals surface area contributed by atoms with Crippen LogP contribution < -0.4 is 10.6 Å². The second-order valence-electron chi connectivity index (χ2n) is 5.53. The number of benzene rings is 2. The molecule has 0 radical (unpaired) electrons. The van der Waals surface area contributed by atoms with Crippen molar-refractivity contribution in [3.05, 3.63) is 65.7 Å². The number of imide groups is 1. The quantitative estimate of drug-likeness (QED) is 0.825. The van der Waals surface area contributed by atoms with E-state index in [2.05, 4.69) is 5.32 Å². The lowest BCUT2D eigenvalue weighted by Gasteiger charge is -2.14. The number of amides is 4. The largest absolute Gasteiger partial charge is 0.334 e. The number of rotatable bonds is 4. The van der Waals surface area contributed by atoms with Crippen molar-refractivity contribution in [1.82, 2.24) is 14.9 Å². The molecule has 134 valence electrons. The third-order valence-electron chi connectivity index (χ3n) is 3.75. The molecule has 0 aliphatic carbocycles. The molecule has 0 unspecified atom stereocenters. The lowest BCUT2D eigenvalue weighted by atomic mass is 10.2. The van der Waals surface area contributed by atoms with Crippen molar-refractivity contribution >= 4 is 27.9 Å². The van der Waals surface area contributed by atoms with Gasteiger partial charge in [-0.3, -0.25) is 14.9 Å². The number of fused-ring (bicyclic) bond motifs is 1. The highest BCUT2D eigenvalue weighted by molar-refractivity contribution is 7.90. The monoisotopic (exact) mass is 373 g/mol. The van der Waals surface area contributed by atoms with Crippen LogP contribution in [0.5, 0.6) is 0 Å². The lowest BCUT2D eigenvalue weighted by Crippen LogP contribution is -2.45. The van der Waals surface area contributed by atoms with E-state index < -0.39 is 34.4 Å². The summed E-state index contributed by atoms with van der Waals surface area (Å²) in [6.07, 6.45) is 0. The predicted molar refractivity (Wildman–Crippen MR) is 91.5 cm³/mol. The molecule has 0 fully saturated rings. The van der Waals surface area contributed by atoms with Crippen molar-refractivity contribution in [3.63, 3.8) is 0 Å². The second-order valence-corrected chi connectivity index (χ2v) is 7.36. The van der Waals surface area contributed by atoms with Gasteiger partial charge in [0.1, 0.15) is 11.4 Å². The van der Waals surface area contributed by atoms with Crippen LogP contribution in [-0.2, 0) is 21.4 Å². The van der Waals surface area contributed by atoms with Crippen LogP contribution in [0.15, 0.2) is 59.5 Å². The zero-order valence-corrected chi connectivity index (χ0v) is 14.3. The molecule has 4 amide bonds. The van der Waals surface area contributed by atoms with Crippen molar-refractivity contribution in [2.75, 3.05) is 6.54 Å². The van der Waals surface area contributed by atoms with Crippen LogP contribution in [0.3, 0.4) is 0 Å². The Kier molecular flexibility index (Phi) is 4.72. The number of carbonyl (C=O) groups is 3. The third kappa shape index (κ3) is 3.42. The van der Waals surface area contributed by atoms with E-state index in [4.69, 9.17) is 0 Å². The smallest absolute Gasteiger partial charge is 0.321 e. The Morgan fingerprint density at radius 2 is 1.62 bits per heavy atom. The predicted octanol–water partition coefficient (Wildman–Crippen LogP) is 0.857. The SMILES string of the molecule is O=C(CN1C(=O)c2ccccc2S1(=O)=O)NC(=O)NCc1ccccc1. The van der Waals surface area contributed by atoms with E-state index in [1.54, 1.807) is 12.1 Å². The molecule has 26 heavy (non-hydrogen) atoms. The number of hydrogen-bond acceptors (Lipinski definition) is 5. The van der Waals surface area contributed by atoms with Crippen LogP contribution in [0.2, 0.25) is 0 Å². The van der Waals surface area contributed by atoms with Crippen LogP contribution in [0.1, 0.15) is 15.9 Å². The standard InChI is InChI=1S/C17H15N3O5S/c21-15(19-17(23)18-10-12-6-2-1-3-7-12)11-20-16(22)13-8-4-5-9-14(13)26(20,24)25/h1-9H,10-11H2,(H2,18,19,21,23). The maximum absolute atomic E-state index is 12.4. The summed E-state index contributed by atoms with van der Waals surface area (Å²) in [5, 5.41) is 4.49. The zero-order chi connectivity index (χ0) is 18.7.